The Labute approximate surface area is 112 Å². The van der Waals surface area contributed by atoms with Crippen LogP contribution in [0.25, 0.3) is 0 Å². The maximum absolute atomic E-state index is 12.3. The van der Waals surface area contributed by atoms with Crippen LogP contribution < -0.4 is 0 Å². The molecule has 1 amide bonds. The molecular weight excluding hydrogens is 279 g/mol. The molecule has 1 aromatic carbocycles. The Hall–Kier alpha value is -2.25. The number of benzene rings is 1. The van der Waals surface area contributed by atoms with Gasteiger partial charge in [-0.05, 0) is 17.7 Å². The van der Waals surface area contributed by atoms with Crippen molar-refractivity contribution in [1.29, 1.82) is 0 Å². The van der Waals surface area contributed by atoms with E-state index in [1.165, 1.54) is 24.3 Å². The first-order valence-electron chi connectivity index (χ1n) is 5.51. The molecule has 0 saturated carbocycles. The lowest BCUT2D eigenvalue weighted by atomic mass is 10.1. The van der Waals surface area contributed by atoms with Gasteiger partial charge in [-0.1, -0.05) is 12.1 Å². The van der Waals surface area contributed by atoms with Gasteiger partial charge in [-0.15, -0.1) is 0 Å². The van der Waals surface area contributed by atoms with E-state index in [2.05, 4.69) is 0 Å². The zero-order chi connectivity index (χ0) is 15.3. The van der Waals surface area contributed by atoms with Gasteiger partial charge in [0.2, 0.25) is 5.91 Å². The number of carbonyl (C=O) groups excluding carboxylic acids is 1. The maximum atomic E-state index is 12.3. The monoisotopic (exact) mass is 291 g/mol. The van der Waals surface area contributed by atoms with Crippen molar-refractivity contribution in [3.63, 3.8) is 0 Å². The molecule has 20 heavy (non-hydrogen) atoms. The number of aliphatic carboxylic acids is 1. The maximum Gasteiger partial charge on any atom is 0.406 e. The molecule has 0 aromatic heterocycles. The third kappa shape index (κ3) is 5.59. The number of nitrogens with zero attached hydrogens (tertiary/aromatic N) is 1. The number of carboxylic acid groups (broad SMARTS) is 1. The smallest absolute Gasteiger partial charge is 0.406 e. The number of rotatable bonds is 5. The summed E-state index contributed by atoms with van der Waals surface area (Å²) >= 11 is 0. The summed E-state index contributed by atoms with van der Waals surface area (Å²) in [5.41, 5.74) is 0.380. The first-order valence-corrected chi connectivity index (χ1v) is 5.51. The van der Waals surface area contributed by atoms with E-state index in [1.54, 1.807) is 0 Å². The van der Waals surface area contributed by atoms with Crippen molar-refractivity contribution in [2.75, 3.05) is 13.1 Å². The number of carboxylic acids is 1. The highest BCUT2D eigenvalue weighted by Gasteiger charge is 2.33. The Bertz CT molecular complexity index is 484. The third-order valence-corrected chi connectivity index (χ3v) is 2.34. The van der Waals surface area contributed by atoms with Crippen LogP contribution in [0, 0.1) is 0 Å². The van der Waals surface area contributed by atoms with Gasteiger partial charge in [0.25, 0.3) is 0 Å². The molecule has 0 spiro atoms. The number of phenols is 1. The number of hydrogen-bond acceptors (Lipinski definition) is 3. The van der Waals surface area contributed by atoms with E-state index in [0.717, 1.165) is 0 Å². The van der Waals surface area contributed by atoms with Crippen molar-refractivity contribution in [2.45, 2.75) is 12.6 Å². The Kier molecular flexibility index (Phi) is 4.95. The van der Waals surface area contributed by atoms with Crippen molar-refractivity contribution < 1.29 is 33.0 Å². The van der Waals surface area contributed by atoms with Gasteiger partial charge in [-0.25, -0.2) is 0 Å². The summed E-state index contributed by atoms with van der Waals surface area (Å²) in [5.74, 6) is -2.51. The average molecular weight is 291 g/mol. The van der Waals surface area contributed by atoms with E-state index >= 15 is 0 Å². The molecule has 0 unspecified atom stereocenters. The lowest BCUT2D eigenvalue weighted by Crippen LogP contribution is -2.42. The van der Waals surface area contributed by atoms with Crippen molar-refractivity contribution in [2.24, 2.45) is 0 Å². The molecule has 0 heterocycles. The molecule has 8 heteroatoms. The molecule has 110 valence electrons. The molecule has 0 aliphatic heterocycles. The van der Waals surface area contributed by atoms with Crippen LogP contribution in [0.4, 0.5) is 13.2 Å². The molecule has 0 fully saturated rings. The van der Waals surface area contributed by atoms with Gasteiger partial charge in [0.1, 0.15) is 18.8 Å². The molecule has 5 nitrogen and oxygen atoms in total. The van der Waals surface area contributed by atoms with Crippen molar-refractivity contribution in [3.8, 4) is 5.75 Å². The highest BCUT2D eigenvalue weighted by atomic mass is 19.4. The fourth-order valence-electron chi connectivity index (χ4n) is 1.51. The Balaban J connectivity index is 2.76. The van der Waals surface area contributed by atoms with Crippen LogP contribution in [-0.4, -0.2) is 46.3 Å². The van der Waals surface area contributed by atoms with E-state index in [-0.39, 0.29) is 17.1 Å². The minimum atomic E-state index is -4.67. The van der Waals surface area contributed by atoms with Crippen LogP contribution in [0.2, 0.25) is 0 Å². The Morgan fingerprint density at radius 2 is 1.70 bits per heavy atom. The molecular formula is C12H12F3NO4. The number of phenolic OH excluding ortho intramolecular Hbond substituents is 1. The zero-order valence-electron chi connectivity index (χ0n) is 10.2. The van der Waals surface area contributed by atoms with E-state index < -0.39 is 31.1 Å². The summed E-state index contributed by atoms with van der Waals surface area (Å²) < 4.78 is 36.9. The van der Waals surface area contributed by atoms with Crippen LogP contribution in [0.1, 0.15) is 5.56 Å². The van der Waals surface area contributed by atoms with E-state index in [1.807, 2.05) is 0 Å². The van der Waals surface area contributed by atoms with Gasteiger partial charge >= 0.3 is 12.1 Å². The first-order chi connectivity index (χ1) is 9.17. The van der Waals surface area contributed by atoms with Crippen LogP contribution in [-0.2, 0) is 16.0 Å². The van der Waals surface area contributed by atoms with E-state index in [0.29, 0.717) is 5.56 Å². The predicted octanol–water partition coefficient (Wildman–Crippen LogP) is 1.41. The minimum absolute atomic E-state index is 0.0427. The quantitative estimate of drug-likeness (QED) is 0.860. The number of amides is 1. The van der Waals surface area contributed by atoms with Crippen LogP contribution in [0.15, 0.2) is 24.3 Å². The highest BCUT2D eigenvalue weighted by Crippen LogP contribution is 2.17. The normalized spacial score (nSPS) is 11.2. The number of aromatic hydroxyl groups is 1. The Morgan fingerprint density at radius 1 is 1.15 bits per heavy atom. The minimum Gasteiger partial charge on any atom is -0.508 e. The lowest BCUT2D eigenvalue weighted by molar-refractivity contribution is -0.165. The second kappa shape index (κ2) is 6.27. The van der Waals surface area contributed by atoms with Crippen molar-refractivity contribution in [1.82, 2.24) is 4.90 Å². The SMILES string of the molecule is O=C(O)CN(CC(F)(F)F)C(=O)Cc1ccc(O)cc1. The van der Waals surface area contributed by atoms with Crippen LogP contribution in [0.5, 0.6) is 5.75 Å². The summed E-state index contributed by atoms with van der Waals surface area (Å²) in [7, 11) is 0. The van der Waals surface area contributed by atoms with E-state index in [9.17, 15) is 22.8 Å². The molecule has 1 aromatic rings. The van der Waals surface area contributed by atoms with Gasteiger partial charge in [-0.3, -0.25) is 9.59 Å². The van der Waals surface area contributed by atoms with Gasteiger partial charge in [0, 0.05) is 0 Å². The standard InChI is InChI=1S/C12H12F3NO4/c13-12(14,15)7-16(6-11(19)20)10(18)5-8-1-3-9(17)4-2-8/h1-4,17H,5-7H2,(H,19,20). The van der Waals surface area contributed by atoms with Crippen LogP contribution in [0.3, 0.4) is 0 Å². The second-order valence-electron chi connectivity index (χ2n) is 4.10. The molecule has 0 atom stereocenters. The summed E-state index contributed by atoms with van der Waals surface area (Å²) in [5, 5.41) is 17.6. The molecule has 0 radical (unpaired) electrons. The first kappa shape index (κ1) is 15.8. The van der Waals surface area contributed by atoms with Crippen molar-refractivity contribution >= 4 is 11.9 Å². The topological polar surface area (TPSA) is 77.8 Å². The van der Waals surface area contributed by atoms with Gasteiger partial charge in [-0.2, -0.15) is 13.2 Å². The molecule has 0 aliphatic carbocycles. The largest absolute Gasteiger partial charge is 0.508 e. The number of alkyl halides is 3. The summed E-state index contributed by atoms with van der Waals surface area (Å²) in [6, 6.07) is 5.32. The van der Waals surface area contributed by atoms with E-state index in [4.69, 9.17) is 10.2 Å². The van der Waals surface area contributed by atoms with Gasteiger partial charge in [0.05, 0.1) is 6.42 Å². The summed E-state index contributed by atoms with van der Waals surface area (Å²) in [6.45, 7) is -2.63. The molecule has 0 saturated heterocycles. The third-order valence-electron chi connectivity index (χ3n) is 2.34. The second-order valence-corrected chi connectivity index (χ2v) is 4.10. The average Bonchev–Trinajstić information content (AvgIpc) is 2.29. The Morgan fingerprint density at radius 3 is 2.15 bits per heavy atom. The number of hydrogen-bond donors (Lipinski definition) is 2. The number of carbonyl (C=O) groups is 2. The fourth-order valence-corrected chi connectivity index (χ4v) is 1.51. The zero-order valence-corrected chi connectivity index (χ0v) is 10.2. The number of halogens is 3. The van der Waals surface area contributed by atoms with Gasteiger partial charge < -0.3 is 15.1 Å². The highest BCUT2D eigenvalue weighted by molar-refractivity contribution is 5.83. The molecule has 0 aliphatic rings. The van der Waals surface area contributed by atoms with Crippen molar-refractivity contribution in [3.05, 3.63) is 29.8 Å². The summed E-state index contributed by atoms with van der Waals surface area (Å²) in [6.07, 6.45) is -5.04. The molecule has 1 rings (SSSR count). The molecule has 2 N–H and O–H groups in total. The lowest BCUT2D eigenvalue weighted by Gasteiger charge is -2.22. The predicted molar refractivity (Wildman–Crippen MR) is 62.1 cm³/mol. The fraction of sp³-hybridized carbons (Fsp3) is 0.333. The summed E-state index contributed by atoms with van der Waals surface area (Å²) in [4.78, 5) is 22.4. The van der Waals surface area contributed by atoms with Gasteiger partial charge in [0.15, 0.2) is 0 Å². The molecule has 0 bridgehead atoms. The van der Waals surface area contributed by atoms with Crippen LogP contribution >= 0.6 is 0 Å².